The van der Waals surface area contributed by atoms with Crippen LogP contribution in [0.5, 0.6) is 0 Å². The average Bonchev–Trinajstić information content (AvgIpc) is 3.06. The van der Waals surface area contributed by atoms with E-state index in [0.717, 1.165) is 25.8 Å². The van der Waals surface area contributed by atoms with Crippen molar-refractivity contribution in [1.82, 2.24) is 14.9 Å². The molecule has 114 valence electrons. The van der Waals surface area contributed by atoms with Crippen molar-refractivity contribution in [3.8, 4) is 0 Å². The maximum Gasteiger partial charge on any atom is 0.274 e. The van der Waals surface area contributed by atoms with E-state index in [-0.39, 0.29) is 11.9 Å². The molecule has 1 saturated heterocycles. The van der Waals surface area contributed by atoms with Crippen LogP contribution in [0.2, 0.25) is 0 Å². The molecule has 1 aliphatic rings. The summed E-state index contributed by atoms with van der Waals surface area (Å²) in [6, 6.07) is 10.8. The molecule has 0 unspecified atom stereocenters. The smallest absolute Gasteiger partial charge is 0.274 e. The van der Waals surface area contributed by atoms with Crippen molar-refractivity contribution in [2.45, 2.75) is 38.1 Å². The fraction of sp³-hybridized carbons (Fsp3) is 0.389. The highest BCUT2D eigenvalue weighted by atomic mass is 16.2. The minimum Gasteiger partial charge on any atom is -0.334 e. The standard InChI is InChI=1S/C18H21N3O/c1-2-15(14-7-4-3-5-8-14)17-9-6-12-21(17)18(22)16-13-19-10-11-20-16/h3-5,7-8,10-11,13,15,17H,2,6,9,12H2,1H3/t15-,17+/m1/s1. The van der Waals surface area contributed by atoms with E-state index in [4.69, 9.17) is 0 Å². The minimum atomic E-state index is 0.00461. The van der Waals surface area contributed by atoms with E-state index in [9.17, 15) is 4.79 Å². The number of benzene rings is 1. The van der Waals surface area contributed by atoms with Gasteiger partial charge in [-0.05, 0) is 24.8 Å². The van der Waals surface area contributed by atoms with Crippen molar-refractivity contribution in [3.05, 3.63) is 60.2 Å². The van der Waals surface area contributed by atoms with E-state index in [1.165, 1.54) is 5.56 Å². The van der Waals surface area contributed by atoms with Crippen LogP contribution in [-0.2, 0) is 0 Å². The highest BCUT2D eigenvalue weighted by Gasteiger charge is 2.35. The number of aromatic nitrogens is 2. The number of carbonyl (C=O) groups excluding carboxylic acids is 1. The Hall–Kier alpha value is -2.23. The normalized spacial score (nSPS) is 19.1. The lowest BCUT2D eigenvalue weighted by Crippen LogP contribution is -2.39. The maximum absolute atomic E-state index is 12.7. The lowest BCUT2D eigenvalue weighted by Gasteiger charge is -2.31. The van der Waals surface area contributed by atoms with Crippen LogP contribution in [0.1, 0.15) is 48.2 Å². The maximum atomic E-state index is 12.7. The van der Waals surface area contributed by atoms with E-state index >= 15 is 0 Å². The molecule has 1 fully saturated rings. The second kappa shape index (κ2) is 6.69. The summed E-state index contributed by atoms with van der Waals surface area (Å²) in [6.45, 7) is 3.00. The van der Waals surface area contributed by atoms with Crippen LogP contribution >= 0.6 is 0 Å². The summed E-state index contributed by atoms with van der Waals surface area (Å²) in [4.78, 5) is 22.9. The van der Waals surface area contributed by atoms with E-state index < -0.39 is 0 Å². The molecule has 0 radical (unpaired) electrons. The topological polar surface area (TPSA) is 46.1 Å². The Morgan fingerprint density at radius 2 is 2.14 bits per heavy atom. The van der Waals surface area contributed by atoms with E-state index in [2.05, 4.69) is 41.2 Å². The predicted octanol–water partition coefficient (Wildman–Crippen LogP) is 3.28. The molecule has 0 bridgehead atoms. The third kappa shape index (κ3) is 2.86. The zero-order valence-corrected chi connectivity index (χ0v) is 12.9. The summed E-state index contributed by atoms with van der Waals surface area (Å²) >= 11 is 0. The quantitative estimate of drug-likeness (QED) is 0.869. The molecular formula is C18H21N3O. The van der Waals surface area contributed by atoms with Crippen molar-refractivity contribution in [2.24, 2.45) is 0 Å². The lowest BCUT2D eigenvalue weighted by molar-refractivity contribution is 0.0708. The van der Waals surface area contributed by atoms with Gasteiger partial charge in [0.1, 0.15) is 5.69 Å². The molecule has 0 spiro atoms. The Kier molecular flexibility index (Phi) is 4.47. The van der Waals surface area contributed by atoms with Gasteiger partial charge in [0.05, 0.1) is 6.20 Å². The summed E-state index contributed by atoms with van der Waals surface area (Å²) < 4.78 is 0. The summed E-state index contributed by atoms with van der Waals surface area (Å²) in [5, 5.41) is 0. The molecule has 0 N–H and O–H groups in total. The number of rotatable bonds is 4. The highest BCUT2D eigenvalue weighted by molar-refractivity contribution is 5.92. The SMILES string of the molecule is CC[C@H](c1ccccc1)[C@@H]1CCCN1C(=O)c1cnccn1. The molecule has 2 aromatic rings. The average molecular weight is 295 g/mol. The molecule has 1 aromatic heterocycles. The molecule has 1 amide bonds. The fourth-order valence-corrected chi connectivity index (χ4v) is 3.45. The fourth-order valence-electron chi connectivity index (χ4n) is 3.45. The number of nitrogens with zero attached hydrogens (tertiary/aromatic N) is 3. The molecule has 22 heavy (non-hydrogen) atoms. The second-order valence-corrected chi connectivity index (χ2v) is 5.72. The number of carbonyl (C=O) groups is 1. The Balaban J connectivity index is 1.85. The molecule has 4 nitrogen and oxygen atoms in total. The number of hydrogen-bond donors (Lipinski definition) is 0. The zero-order chi connectivity index (χ0) is 15.4. The van der Waals surface area contributed by atoms with Gasteiger partial charge in [0, 0.05) is 30.9 Å². The Morgan fingerprint density at radius 1 is 1.32 bits per heavy atom. The molecule has 1 aromatic carbocycles. The highest BCUT2D eigenvalue weighted by Crippen LogP contribution is 2.34. The first kappa shape index (κ1) is 14.7. The van der Waals surface area contributed by atoms with Gasteiger partial charge in [-0.3, -0.25) is 9.78 Å². The molecule has 2 heterocycles. The van der Waals surface area contributed by atoms with Crippen LogP contribution in [0, 0.1) is 0 Å². The van der Waals surface area contributed by atoms with Crippen molar-refractivity contribution in [2.75, 3.05) is 6.54 Å². The monoisotopic (exact) mass is 295 g/mol. The van der Waals surface area contributed by atoms with Gasteiger partial charge in [0.15, 0.2) is 0 Å². The summed E-state index contributed by atoms with van der Waals surface area (Å²) in [7, 11) is 0. The Labute approximate surface area is 131 Å². The summed E-state index contributed by atoms with van der Waals surface area (Å²) in [5.41, 5.74) is 1.76. The number of hydrogen-bond acceptors (Lipinski definition) is 3. The minimum absolute atomic E-state index is 0.00461. The van der Waals surface area contributed by atoms with Crippen LogP contribution in [0.25, 0.3) is 0 Å². The van der Waals surface area contributed by atoms with Gasteiger partial charge in [-0.2, -0.15) is 0 Å². The van der Waals surface area contributed by atoms with Crippen LogP contribution in [0.4, 0.5) is 0 Å². The van der Waals surface area contributed by atoms with Crippen LogP contribution in [0.3, 0.4) is 0 Å². The molecule has 0 saturated carbocycles. The molecule has 2 atom stereocenters. The van der Waals surface area contributed by atoms with Crippen molar-refractivity contribution in [1.29, 1.82) is 0 Å². The van der Waals surface area contributed by atoms with Gasteiger partial charge in [-0.15, -0.1) is 0 Å². The van der Waals surface area contributed by atoms with Crippen LogP contribution in [0.15, 0.2) is 48.9 Å². The third-order valence-electron chi connectivity index (χ3n) is 4.47. The molecule has 3 rings (SSSR count). The Bertz CT molecular complexity index is 615. The third-order valence-corrected chi connectivity index (χ3v) is 4.47. The van der Waals surface area contributed by atoms with Crippen molar-refractivity contribution in [3.63, 3.8) is 0 Å². The zero-order valence-electron chi connectivity index (χ0n) is 12.9. The summed E-state index contributed by atoms with van der Waals surface area (Å²) in [5.74, 6) is 0.384. The van der Waals surface area contributed by atoms with Crippen molar-refractivity contribution >= 4 is 5.91 Å². The molecule has 4 heteroatoms. The van der Waals surface area contributed by atoms with Gasteiger partial charge < -0.3 is 4.90 Å². The van der Waals surface area contributed by atoms with E-state index in [1.54, 1.807) is 18.6 Å². The Morgan fingerprint density at radius 3 is 2.82 bits per heavy atom. The lowest BCUT2D eigenvalue weighted by atomic mass is 9.87. The van der Waals surface area contributed by atoms with Gasteiger partial charge in [0.25, 0.3) is 5.91 Å². The molecular weight excluding hydrogens is 274 g/mol. The van der Waals surface area contributed by atoms with Gasteiger partial charge in [-0.1, -0.05) is 37.3 Å². The van der Waals surface area contributed by atoms with E-state index in [1.807, 2.05) is 11.0 Å². The van der Waals surface area contributed by atoms with E-state index in [0.29, 0.717) is 11.6 Å². The number of likely N-dealkylation sites (tertiary alicyclic amines) is 1. The van der Waals surface area contributed by atoms with Crippen LogP contribution in [-0.4, -0.2) is 33.4 Å². The van der Waals surface area contributed by atoms with Crippen LogP contribution < -0.4 is 0 Å². The largest absolute Gasteiger partial charge is 0.334 e. The van der Waals surface area contributed by atoms with Gasteiger partial charge in [-0.25, -0.2) is 4.98 Å². The number of amides is 1. The second-order valence-electron chi connectivity index (χ2n) is 5.72. The molecule has 0 aliphatic carbocycles. The predicted molar refractivity (Wildman–Crippen MR) is 85.6 cm³/mol. The first-order chi connectivity index (χ1) is 10.8. The van der Waals surface area contributed by atoms with Gasteiger partial charge in [0.2, 0.25) is 0 Å². The molecule has 1 aliphatic heterocycles. The van der Waals surface area contributed by atoms with Crippen molar-refractivity contribution < 1.29 is 4.79 Å². The summed E-state index contributed by atoms with van der Waals surface area (Å²) in [6.07, 6.45) is 7.86. The van der Waals surface area contributed by atoms with Gasteiger partial charge >= 0.3 is 0 Å². The first-order valence-corrected chi connectivity index (χ1v) is 7.93. The first-order valence-electron chi connectivity index (χ1n) is 7.93.